The van der Waals surface area contributed by atoms with Crippen LogP contribution in [0, 0.1) is 11.6 Å². The Kier molecular flexibility index (Phi) is 4.52. The summed E-state index contributed by atoms with van der Waals surface area (Å²) < 4.78 is 32.5. The largest absolute Gasteiger partial charge is 0.339 e. The lowest BCUT2D eigenvalue weighted by atomic mass is 10.2. The molecule has 1 aliphatic carbocycles. The second kappa shape index (κ2) is 6.80. The van der Waals surface area contributed by atoms with Crippen molar-refractivity contribution in [1.29, 1.82) is 0 Å². The summed E-state index contributed by atoms with van der Waals surface area (Å²) in [6.07, 6.45) is 3.28. The van der Waals surface area contributed by atoms with E-state index in [9.17, 15) is 8.78 Å². The zero-order valence-electron chi connectivity index (χ0n) is 14.3. The first-order chi connectivity index (χ1) is 12.1. The smallest absolute Gasteiger partial charge is 0.229 e. The lowest BCUT2D eigenvalue weighted by Crippen LogP contribution is -2.34. The molecule has 0 radical (unpaired) electrons. The fourth-order valence-corrected chi connectivity index (χ4v) is 3.41. The van der Waals surface area contributed by atoms with Crippen LogP contribution in [0.2, 0.25) is 0 Å². The monoisotopic (exact) mass is 348 g/mol. The maximum Gasteiger partial charge on any atom is 0.229 e. The van der Waals surface area contributed by atoms with Crippen LogP contribution >= 0.6 is 0 Å². The van der Waals surface area contributed by atoms with E-state index in [-0.39, 0.29) is 0 Å². The second-order valence-corrected chi connectivity index (χ2v) is 7.13. The number of aromatic nitrogens is 2. The molecule has 1 aromatic heterocycles. The molecule has 1 aromatic carbocycles. The molecule has 25 heavy (non-hydrogen) atoms. The average molecular weight is 348 g/mol. The van der Waals surface area contributed by atoms with Crippen molar-refractivity contribution in [3.8, 4) is 0 Å². The molecule has 0 N–H and O–H groups in total. The van der Waals surface area contributed by atoms with Gasteiger partial charge in [-0.15, -0.1) is 0 Å². The number of rotatable bonds is 6. The van der Waals surface area contributed by atoms with Crippen LogP contribution in [-0.2, 0) is 13.1 Å². The lowest BCUT2D eigenvalue weighted by Gasteiger charge is -2.23. The molecule has 2 fully saturated rings. The minimum Gasteiger partial charge on any atom is -0.339 e. The summed E-state index contributed by atoms with van der Waals surface area (Å²) in [5.41, 5.74) is 0.413. The highest BCUT2D eigenvalue weighted by molar-refractivity contribution is 5.19. The number of benzene rings is 1. The summed E-state index contributed by atoms with van der Waals surface area (Å²) >= 11 is 0. The minimum absolute atomic E-state index is 0.347. The molecule has 7 heteroatoms. The molecule has 2 aromatic rings. The van der Waals surface area contributed by atoms with Gasteiger partial charge in [-0.2, -0.15) is 4.98 Å². The maximum absolute atomic E-state index is 13.8. The highest BCUT2D eigenvalue weighted by Crippen LogP contribution is 2.38. The molecule has 134 valence electrons. The van der Waals surface area contributed by atoms with Gasteiger partial charge in [0.05, 0.1) is 6.54 Å². The number of nitrogens with zero attached hydrogens (tertiary/aromatic N) is 4. The molecule has 0 bridgehead atoms. The third-order valence-electron chi connectivity index (χ3n) is 5.10. The summed E-state index contributed by atoms with van der Waals surface area (Å²) in [6.45, 7) is 2.76. The lowest BCUT2D eigenvalue weighted by molar-refractivity contribution is 0.215. The molecule has 4 rings (SSSR count). The predicted octanol–water partition coefficient (Wildman–Crippen LogP) is 2.93. The van der Waals surface area contributed by atoms with Gasteiger partial charge in [-0.05, 0) is 32.4 Å². The van der Waals surface area contributed by atoms with Crippen LogP contribution in [0.5, 0.6) is 0 Å². The molecule has 1 saturated heterocycles. The van der Waals surface area contributed by atoms with Crippen LogP contribution in [0.4, 0.5) is 8.78 Å². The molecule has 1 unspecified atom stereocenters. The van der Waals surface area contributed by atoms with Gasteiger partial charge in [0.1, 0.15) is 0 Å². The maximum atomic E-state index is 13.8. The van der Waals surface area contributed by atoms with Crippen LogP contribution in [0.15, 0.2) is 22.7 Å². The van der Waals surface area contributed by atoms with Crippen molar-refractivity contribution in [2.45, 2.75) is 44.3 Å². The first-order valence-electron chi connectivity index (χ1n) is 8.78. The first-order valence-corrected chi connectivity index (χ1v) is 8.78. The van der Waals surface area contributed by atoms with Crippen molar-refractivity contribution in [2.75, 3.05) is 20.1 Å². The van der Waals surface area contributed by atoms with Crippen molar-refractivity contribution in [2.24, 2.45) is 0 Å². The van der Waals surface area contributed by atoms with E-state index in [4.69, 9.17) is 4.52 Å². The molecule has 1 saturated carbocycles. The van der Waals surface area contributed by atoms with Gasteiger partial charge in [0, 0.05) is 37.2 Å². The Morgan fingerprint density at radius 3 is 2.92 bits per heavy atom. The third kappa shape index (κ3) is 3.72. The van der Waals surface area contributed by atoms with Gasteiger partial charge in [-0.3, -0.25) is 9.80 Å². The van der Waals surface area contributed by atoms with E-state index < -0.39 is 11.6 Å². The topological polar surface area (TPSA) is 45.4 Å². The van der Waals surface area contributed by atoms with Crippen LogP contribution in [0.25, 0.3) is 0 Å². The van der Waals surface area contributed by atoms with Crippen molar-refractivity contribution in [3.63, 3.8) is 0 Å². The summed E-state index contributed by atoms with van der Waals surface area (Å²) in [7, 11) is 2.05. The first kappa shape index (κ1) is 16.6. The summed E-state index contributed by atoms with van der Waals surface area (Å²) in [5, 5.41) is 4.06. The van der Waals surface area contributed by atoms with Crippen LogP contribution in [-0.4, -0.2) is 46.1 Å². The highest BCUT2D eigenvalue weighted by atomic mass is 19.2. The van der Waals surface area contributed by atoms with Crippen molar-refractivity contribution >= 4 is 0 Å². The van der Waals surface area contributed by atoms with E-state index >= 15 is 0 Å². The van der Waals surface area contributed by atoms with Gasteiger partial charge in [-0.25, -0.2) is 8.78 Å². The Hall–Kier alpha value is -1.86. The van der Waals surface area contributed by atoms with E-state index in [0.717, 1.165) is 50.1 Å². The Bertz CT molecular complexity index is 746. The Morgan fingerprint density at radius 2 is 2.12 bits per heavy atom. The van der Waals surface area contributed by atoms with Gasteiger partial charge in [0.15, 0.2) is 17.5 Å². The van der Waals surface area contributed by atoms with Crippen molar-refractivity contribution in [1.82, 2.24) is 19.9 Å². The third-order valence-corrected chi connectivity index (χ3v) is 5.10. The second-order valence-electron chi connectivity index (χ2n) is 7.13. The van der Waals surface area contributed by atoms with Gasteiger partial charge < -0.3 is 4.52 Å². The molecule has 0 spiro atoms. The fourth-order valence-electron chi connectivity index (χ4n) is 3.41. The molecule has 2 heterocycles. The van der Waals surface area contributed by atoms with E-state index in [1.165, 1.54) is 0 Å². The number of hydrogen-bond acceptors (Lipinski definition) is 5. The van der Waals surface area contributed by atoms with E-state index in [1.807, 2.05) is 7.05 Å². The van der Waals surface area contributed by atoms with Crippen LogP contribution < -0.4 is 0 Å². The fraction of sp³-hybridized carbons (Fsp3) is 0.556. The number of likely N-dealkylation sites (tertiary alicyclic amines) is 1. The molecular formula is C18H22F2N4O. The zero-order chi connectivity index (χ0) is 17.4. The van der Waals surface area contributed by atoms with Crippen molar-refractivity contribution in [3.05, 3.63) is 47.1 Å². The van der Waals surface area contributed by atoms with E-state index in [0.29, 0.717) is 30.6 Å². The summed E-state index contributed by atoms with van der Waals surface area (Å²) in [5.74, 6) is 0.430. The van der Waals surface area contributed by atoms with E-state index in [1.54, 1.807) is 12.1 Å². The molecule has 5 nitrogen and oxygen atoms in total. The van der Waals surface area contributed by atoms with Gasteiger partial charge in [0.25, 0.3) is 0 Å². The Labute approximate surface area is 145 Å². The van der Waals surface area contributed by atoms with Crippen LogP contribution in [0.1, 0.15) is 42.5 Å². The Morgan fingerprint density at radius 1 is 1.28 bits per heavy atom. The number of halogens is 2. The SMILES string of the molecule is CN(Cc1noc(C2CC2)n1)C1CCN(Cc2cccc(F)c2F)C1. The van der Waals surface area contributed by atoms with Crippen molar-refractivity contribution < 1.29 is 13.3 Å². The predicted molar refractivity (Wildman–Crippen MR) is 87.8 cm³/mol. The van der Waals surface area contributed by atoms with Gasteiger partial charge in [-0.1, -0.05) is 17.3 Å². The Balaban J connectivity index is 1.32. The number of hydrogen-bond donors (Lipinski definition) is 0. The number of likely N-dealkylation sites (N-methyl/N-ethyl adjacent to an activating group) is 1. The molecule has 2 aliphatic rings. The normalized spacial score (nSPS) is 21.4. The van der Waals surface area contributed by atoms with Gasteiger partial charge >= 0.3 is 0 Å². The minimum atomic E-state index is -0.783. The average Bonchev–Trinajstić information content (AvgIpc) is 3.15. The summed E-state index contributed by atoms with van der Waals surface area (Å²) in [4.78, 5) is 8.84. The molecule has 0 amide bonds. The molecular weight excluding hydrogens is 326 g/mol. The zero-order valence-corrected chi connectivity index (χ0v) is 14.3. The van der Waals surface area contributed by atoms with E-state index in [2.05, 4.69) is 19.9 Å². The molecule has 1 aliphatic heterocycles. The highest BCUT2D eigenvalue weighted by Gasteiger charge is 2.31. The summed E-state index contributed by atoms with van der Waals surface area (Å²) in [6, 6.07) is 4.70. The quantitative estimate of drug-likeness (QED) is 0.803. The standard InChI is InChI=1S/C18H22F2N4O/c1-23(11-16-21-18(25-22-16)12-5-6-12)14-7-8-24(10-14)9-13-3-2-4-15(19)17(13)20/h2-4,12,14H,5-11H2,1H3. The molecule has 1 atom stereocenters. The van der Waals surface area contributed by atoms with Gasteiger partial charge in [0.2, 0.25) is 5.89 Å². The van der Waals surface area contributed by atoms with Crippen LogP contribution in [0.3, 0.4) is 0 Å².